The number of piperidine rings is 1. The summed E-state index contributed by atoms with van der Waals surface area (Å²) in [5, 5.41) is 9.25. The van der Waals surface area contributed by atoms with Crippen molar-refractivity contribution in [1.82, 2.24) is 4.90 Å². The molecule has 0 amide bonds. The van der Waals surface area contributed by atoms with Crippen molar-refractivity contribution in [2.75, 3.05) is 13.1 Å². The molecule has 1 aliphatic heterocycles. The number of carboxylic acid groups (broad SMARTS) is 1. The number of rotatable bonds is 4. The first-order valence-corrected chi connectivity index (χ1v) is 9.38. The number of benzene rings is 2. The van der Waals surface area contributed by atoms with Gasteiger partial charge in [0.1, 0.15) is 0 Å². The van der Waals surface area contributed by atoms with Gasteiger partial charge in [0.15, 0.2) is 0 Å². The maximum Gasteiger partial charge on any atom is 0.416 e. The third-order valence-corrected chi connectivity index (χ3v) is 5.52. The van der Waals surface area contributed by atoms with E-state index in [1.807, 2.05) is 26.0 Å². The first-order chi connectivity index (χ1) is 13.2. The minimum absolute atomic E-state index is 0.197. The molecule has 1 fully saturated rings. The zero-order valence-corrected chi connectivity index (χ0v) is 16.0. The van der Waals surface area contributed by atoms with E-state index < -0.39 is 17.7 Å². The van der Waals surface area contributed by atoms with Gasteiger partial charge in [0, 0.05) is 0 Å². The molecule has 0 bridgehead atoms. The summed E-state index contributed by atoms with van der Waals surface area (Å²) in [5.41, 5.74) is 3.36. The van der Waals surface area contributed by atoms with Gasteiger partial charge < -0.3 is 5.11 Å². The monoisotopic (exact) mass is 391 g/mol. The van der Waals surface area contributed by atoms with Gasteiger partial charge in [-0.3, -0.25) is 9.69 Å². The Morgan fingerprint density at radius 3 is 2.18 bits per heavy atom. The first kappa shape index (κ1) is 20.4. The summed E-state index contributed by atoms with van der Waals surface area (Å²) in [6, 6.07) is 11.2. The van der Waals surface area contributed by atoms with E-state index in [4.69, 9.17) is 0 Å². The molecule has 0 radical (unpaired) electrons. The highest BCUT2D eigenvalue weighted by atomic mass is 19.4. The number of nitrogens with zero attached hydrogens (tertiary/aromatic N) is 1. The number of hydrogen-bond donors (Lipinski definition) is 1. The van der Waals surface area contributed by atoms with Gasteiger partial charge in [0.05, 0.1) is 17.5 Å². The molecule has 1 atom stereocenters. The molecule has 1 saturated heterocycles. The van der Waals surface area contributed by atoms with Gasteiger partial charge in [-0.15, -0.1) is 0 Å². The Labute approximate surface area is 162 Å². The van der Waals surface area contributed by atoms with Crippen molar-refractivity contribution < 1.29 is 23.1 Å². The molecule has 1 N–H and O–H groups in total. The van der Waals surface area contributed by atoms with Gasteiger partial charge in [0.25, 0.3) is 0 Å². The van der Waals surface area contributed by atoms with Crippen molar-refractivity contribution in [3.8, 4) is 0 Å². The number of alkyl halides is 3. The quantitative estimate of drug-likeness (QED) is 0.778. The summed E-state index contributed by atoms with van der Waals surface area (Å²) >= 11 is 0. The third-order valence-electron chi connectivity index (χ3n) is 5.52. The van der Waals surface area contributed by atoms with E-state index in [1.54, 1.807) is 0 Å². The van der Waals surface area contributed by atoms with Crippen LogP contribution >= 0.6 is 0 Å². The van der Waals surface area contributed by atoms with Crippen molar-refractivity contribution >= 4 is 5.97 Å². The average molecular weight is 391 g/mol. The van der Waals surface area contributed by atoms with E-state index >= 15 is 0 Å². The normalized spacial score (nSPS) is 17.5. The third kappa shape index (κ3) is 4.38. The van der Waals surface area contributed by atoms with Crippen molar-refractivity contribution in [2.24, 2.45) is 5.92 Å². The molecule has 1 heterocycles. The Morgan fingerprint density at radius 1 is 1.07 bits per heavy atom. The molecule has 1 unspecified atom stereocenters. The van der Waals surface area contributed by atoms with Gasteiger partial charge in [-0.2, -0.15) is 13.2 Å². The molecule has 0 saturated carbocycles. The topological polar surface area (TPSA) is 40.5 Å². The summed E-state index contributed by atoms with van der Waals surface area (Å²) < 4.78 is 38.9. The highest BCUT2D eigenvalue weighted by molar-refractivity contribution is 5.70. The lowest BCUT2D eigenvalue weighted by Crippen LogP contribution is -2.39. The molecule has 2 aromatic rings. The molecular weight excluding hydrogens is 367 g/mol. The standard InChI is InChI=1S/C22H24F3NO2/c1-14-3-8-19(15(2)13-14)20(26-11-9-17(10-12-26)21(27)28)16-4-6-18(7-5-16)22(23,24)25/h3-8,13,17,20H,9-12H2,1-2H3,(H,27,28). The number of carbonyl (C=O) groups is 1. The lowest BCUT2D eigenvalue weighted by molar-refractivity contribution is -0.143. The van der Waals surface area contributed by atoms with E-state index in [1.165, 1.54) is 12.1 Å². The largest absolute Gasteiger partial charge is 0.481 e. The summed E-state index contributed by atoms with van der Waals surface area (Å²) in [6.07, 6.45) is -3.29. The first-order valence-electron chi connectivity index (χ1n) is 9.38. The SMILES string of the molecule is Cc1ccc(C(c2ccc(C(F)(F)F)cc2)N2CCC(C(=O)O)CC2)c(C)c1. The van der Waals surface area contributed by atoms with Gasteiger partial charge >= 0.3 is 12.1 Å². The minimum atomic E-state index is -4.37. The van der Waals surface area contributed by atoms with Crippen LogP contribution in [0, 0.1) is 19.8 Å². The van der Waals surface area contributed by atoms with Crippen LogP contribution in [-0.4, -0.2) is 29.1 Å². The molecule has 0 aromatic heterocycles. The molecular formula is C22H24F3NO2. The highest BCUT2D eigenvalue weighted by Gasteiger charge is 2.33. The van der Waals surface area contributed by atoms with Crippen LogP contribution in [0.3, 0.4) is 0 Å². The van der Waals surface area contributed by atoms with Gasteiger partial charge in [-0.25, -0.2) is 0 Å². The van der Waals surface area contributed by atoms with Gasteiger partial charge in [0.2, 0.25) is 0 Å². The average Bonchev–Trinajstić information content (AvgIpc) is 2.64. The van der Waals surface area contributed by atoms with Gasteiger partial charge in [-0.1, -0.05) is 35.9 Å². The number of carboxylic acids is 1. The zero-order chi connectivity index (χ0) is 20.5. The Kier molecular flexibility index (Phi) is 5.79. The van der Waals surface area contributed by atoms with E-state index in [0.717, 1.165) is 34.4 Å². The van der Waals surface area contributed by atoms with Crippen LogP contribution in [0.15, 0.2) is 42.5 Å². The molecule has 0 aliphatic carbocycles. The van der Waals surface area contributed by atoms with Crippen LogP contribution in [0.25, 0.3) is 0 Å². The molecule has 2 aromatic carbocycles. The van der Waals surface area contributed by atoms with Crippen LogP contribution in [0.4, 0.5) is 13.2 Å². The van der Waals surface area contributed by atoms with Crippen molar-refractivity contribution in [3.63, 3.8) is 0 Å². The fourth-order valence-corrected chi connectivity index (χ4v) is 3.98. The zero-order valence-electron chi connectivity index (χ0n) is 16.0. The molecule has 0 spiro atoms. The second kappa shape index (κ2) is 7.95. The van der Waals surface area contributed by atoms with Gasteiger partial charge in [-0.05, 0) is 68.6 Å². The molecule has 28 heavy (non-hydrogen) atoms. The predicted octanol–water partition coefficient (Wildman–Crippen LogP) is 5.21. The number of aliphatic carboxylic acids is 1. The highest BCUT2D eigenvalue weighted by Crippen LogP contribution is 2.36. The van der Waals surface area contributed by atoms with Crippen LogP contribution in [-0.2, 0) is 11.0 Å². The molecule has 3 rings (SSSR count). The fourth-order valence-electron chi connectivity index (χ4n) is 3.98. The predicted molar refractivity (Wildman–Crippen MR) is 101 cm³/mol. The lowest BCUT2D eigenvalue weighted by atomic mass is 9.89. The smallest absolute Gasteiger partial charge is 0.416 e. The Morgan fingerprint density at radius 2 is 1.68 bits per heavy atom. The second-order valence-electron chi connectivity index (χ2n) is 7.53. The maximum atomic E-state index is 13.0. The van der Waals surface area contributed by atoms with Crippen LogP contribution in [0.5, 0.6) is 0 Å². The lowest BCUT2D eigenvalue weighted by Gasteiger charge is -2.38. The number of likely N-dealkylation sites (tertiary alicyclic amines) is 1. The summed E-state index contributed by atoms with van der Waals surface area (Å²) in [4.78, 5) is 13.4. The Hall–Kier alpha value is -2.34. The summed E-state index contributed by atoms with van der Waals surface area (Å²) in [7, 11) is 0. The number of hydrogen-bond acceptors (Lipinski definition) is 2. The Bertz CT molecular complexity index is 838. The Balaban J connectivity index is 1.97. The molecule has 6 heteroatoms. The van der Waals surface area contributed by atoms with E-state index in [-0.39, 0.29) is 12.0 Å². The van der Waals surface area contributed by atoms with Crippen molar-refractivity contribution in [1.29, 1.82) is 0 Å². The number of halogens is 3. The summed E-state index contributed by atoms with van der Waals surface area (Å²) in [6.45, 7) is 5.19. The maximum absolute atomic E-state index is 13.0. The van der Waals surface area contributed by atoms with E-state index in [0.29, 0.717) is 25.9 Å². The van der Waals surface area contributed by atoms with Crippen LogP contribution in [0.2, 0.25) is 0 Å². The summed E-state index contributed by atoms with van der Waals surface area (Å²) in [5.74, 6) is -1.14. The van der Waals surface area contributed by atoms with E-state index in [9.17, 15) is 23.1 Å². The van der Waals surface area contributed by atoms with Crippen molar-refractivity contribution in [3.05, 3.63) is 70.3 Å². The molecule has 150 valence electrons. The minimum Gasteiger partial charge on any atom is -0.481 e. The molecule has 3 nitrogen and oxygen atoms in total. The van der Waals surface area contributed by atoms with Crippen LogP contribution in [0.1, 0.15) is 46.7 Å². The molecule has 1 aliphatic rings. The van der Waals surface area contributed by atoms with Crippen molar-refractivity contribution in [2.45, 2.75) is 38.9 Å². The van der Waals surface area contributed by atoms with Crippen LogP contribution < -0.4 is 0 Å². The number of aryl methyl sites for hydroxylation is 2. The van der Waals surface area contributed by atoms with E-state index in [2.05, 4.69) is 11.0 Å². The second-order valence-corrected chi connectivity index (χ2v) is 7.53. The fraction of sp³-hybridized carbons (Fsp3) is 0.409.